The number of phenols is 1. The van der Waals surface area contributed by atoms with Crippen molar-refractivity contribution < 1.29 is 58.6 Å². The van der Waals surface area contributed by atoms with Crippen LogP contribution in [0, 0.1) is 11.3 Å². The first-order valence-electron chi connectivity index (χ1n) is 15.3. The van der Waals surface area contributed by atoms with E-state index in [9.17, 15) is 54.8 Å². The molecule has 0 saturated heterocycles. The SMILES string of the molecule is N#Cc1cc(N(CC(=O)O)CC(=O)O)c(OCCOc2ccccc2N(CC(=O)O)CC(=O)O)cc1-c1c2ccc(=O)cc-2oc2cc(O)ccc12. The van der Waals surface area contributed by atoms with E-state index in [-0.39, 0.29) is 69.7 Å². The molecule has 16 heteroatoms. The molecule has 0 fully saturated rings. The number of phenolic OH excluding ortho intramolecular Hbond substituents is 1. The Hall–Kier alpha value is -7.28. The Morgan fingerprint density at radius 1 is 0.692 bits per heavy atom. The average molecular weight is 712 g/mol. The Balaban J connectivity index is 1.59. The second kappa shape index (κ2) is 15.5. The lowest BCUT2D eigenvalue weighted by Crippen LogP contribution is -2.35. The fraction of sp³-hybridized carbons (Fsp3) is 0.167. The summed E-state index contributed by atoms with van der Waals surface area (Å²) in [5, 5.41) is 58.8. The van der Waals surface area contributed by atoms with Gasteiger partial charge < -0.3 is 49.2 Å². The molecule has 3 aromatic rings. The van der Waals surface area contributed by atoms with E-state index in [1.165, 1.54) is 54.6 Å². The van der Waals surface area contributed by atoms with Gasteiger partial charge in [0.05, 0.1) is 23.0 Å². The number of carboxylic acid groups (broad SMARTS) is 4. The topological polar surface area (TPSA) is 248 Å². The number of aliphatic carboxylic acids is 4. The zero-order chi connectivity index (χ0) is 37.5. The molecule has 1 heterocycles. The fourth-order valence-corrected chi connectivity index (χ4v) is 5.63. The zero-order valence-electron chi connectivity index (χ0n) is 27.0. The Morgan fingerprint density at radius 3 is 1.90 bits per heavy atom. The van der Waals surface area contributed by atoms with Gasteiger partial charge in [-0.05, 0) is 48.5 Å². The molecule has 0 spiro atoms. The van der Waals surface area contributed by atoms with Crippen LogP contribution in [-0.4, -0.2) is 88.8 Å². The zero-order valence-corrected chi connectivity index (χ0v) is 27.0. The molecule has 0 amide bonds. The van der Waals surface area contributed by atoms with Gasteiger partial charge in [-0.3, -0.25) is 24.0 Å². The summed E-state index contributed by atoms with van der Waals surface area (Å²) in [7, 11) is 0. The molecule has 3 aromatic carbocycles. The van der Waals surface area contributed by atoms with Gasteiger partial charge in [-0.1, -0.05) is 12.1 Å². The van der Waals surface area contributed by atoms with E-state index in [1.54, 1.807) is 18.2 Å². The number of fused-ring (bicyclic) bond motifs is 2. The summed E-state index contributed by atoms with van der Waals surface area (Å²) >= 11 is 0. The number of hydrogen-bond acceptors (Lipinski definition) is 12. The van der Waals surface area contributed by atoms with Crippen LogP contribution in [0.3, 0.4) is 0 Å². The van der Waals surface area contributed by atoms with Gasteiger partial charge in [-0.15, -0.1) is 0 Å². The van der Waals surface area contributed by atoms with Gasteiger partial charge in [0.25, 0.3) is 0 Å². The van der Waals surface area contributed by atoms with Crippen molar-refractivity contribution in [3.63, 3.8) is 0 Å². The first-order valence-corrected chi connectivity index (χ1v) is 15.3. The van der Waals surface area contributed by atoms with E-state index in [1.807, 2.05) is 0 Å². The van der Waals surface area contributed by atoms with Crippen molar-refractivity contribution in [2.24, 2.45) is 0 Å². The first-order chi connectivity index (χ1) is 24.8. The summed E-state index contributed by atoms with van der Waals surface area (Å²) in [4.78, 5) is 60.9. The van der Waals surface area contributed by atoms with E-state index in [2.05, 4.69) is 6.07 Å². The highest BCUT2D eigenvalue weighted by atomic mass is 16.5. The van der Waals surface area contributed by atoms with Crippen LogP contribution < -0.4 is 24.7 Å². The molecule has 0 radical (unpaired) electrons. The number of nitriles is 1. The molecule has 1 aliphatic heterocycles. The Morgan fingerprint density at radius 2 is 1.29 bits per heavy atom. The Kier molecular flexibility index (Phi) is 10.7. The average Bonchev–Trinajstić information content (AvgIpc) is 3.07. The monoisotopic (exact) mass is 711 g/mol. The van der Waals surface area contributed by atoms with E-state index in [4.69, 9.17) is 13.9 Å². The van der Waals surface area contributed by atoms with Gasteiger partial charge in [-0.2, -0.15) is 5.26 Å². The van der Waals surface area contributed by atoms with E-state index >= 15 is 0 Å². The molecule has 0 bridgehead atoms. The van der Waals surface area contributed by atoms with Crippen LogP contribution in [0.5, 0.6) is 17.2 Å². The van der Waals surface area contributed by atoms with Crippen molar-refractivity contribution in [3.8, 4) is 45.8 Å². The fourth-order valence-electron chi connectivity index (χ4n) is 5.63. The second-order valence-corrected chi connectivity index (χ2v) is 11.2. The van der Waals surface area contributed by atoms with Crippen molar-refractivity contribution >= 4 is 46.2 Å². The van der Waals surface area contributed by atoms with Crippen molar-refractivity contribution in [3.05, 3.63) is 88.6 Å². The number of ether oxygens (including phenoxy) is 2. The van der Waals surface area contributed by atoms with Crippen LogP contribution >= 0.6 is 0 Å². The highest BCUT2D eigenvalue weighted by Gasteiger charge is 2.26. The minimum Gasteiger partial charge on any atom is -0.508 e. The quantitative estimate of drug-likeness (QED) is 0.0725. The van der Waals surface area contributed by atoms with Gasteiger partial charge in [0.2, 0.25) is 0 Å². The van der Waals surface area contributed by atoms with Crippen LogP contribution in [0.15, 0.2) is 82.0 Å². The molecular weight excluding hydrogens is 682 g/mol. The number of carboxylic acids is 4. The van der Waals surface area contributed by atoms with Gasteiger partial charge in [-0.25, -0.2) is 0 Å². The maximum Gasteiger partial charge on any atom is 0.323 e. The number of rotatable bonds is 16. The third kappa shape index (κ3) is 8.29. The van der Waals surface area contributed by atoms with Crippen LogP contribution in [-0.2, 0) is 19.2 Å². The molecule has 52 heavy (non-hydrogen) atoms. The third-order valence-corrected chi connectivity index (χ3v) is 7.62. The normalized spacial score (nSPS) is 10.8. The van der Waals surface area contributed by atoms with Crippen LogP contribution in [0.1, 0.15) is 5.56 Å². The molecule has 0 aromatic heterocycles. The predicted octanol–water partition coefficient (Wildman–Crippen LogP) is 3.55. The second-order valence-electron chi connectivity index (χ2n) is 11.2. The minimum absolute atomic E-state index is 0.0154. The summed E-state index contributed by atoms with van der Waals surface area (Å²) < 4.78 is 17.9. The van der Waals surface area contributed by atoms with Crippen molar-refractivity contribution in [2.75, 3.05) is 49.2 Å². The molecule has 5 rings (SSSR count). The number of carbonyl (C=O) groups is 4. The number of anilines is 2. The maximum absolute atomic E-state index is 12.3. The number of hydrogen-bond donors (Lipinski definition) is 5. The number of nitrogens with zero attached hydrogens (tertiary/aromatic N) is 3. The van der Waals surface area contributed by atoms with E-state index < -0.39 is 50.1 Å². The highest BCUT2D eigenvalue weighted by molar-refractivity contribution is 6.04. The molecule has 0 unspecified atom stereocenters. The van der Waals surface area contributed by atoms with Gasteiger partial charge >= 0.3 is 23.9 Å². The maximum atomic E-state index is 12.3. The summed E-state index contributed by atoms with van der Waals surface area (Å²) in [5.41, 5.74) is 0.979. The van der Waals surface area contributed by atoms with Gasteiger partial charge in [0, 0.05) is 34.2 Å². The van der Waals surface area contributed by atoms with E-state index in [0.717, 1.165) is 9.80 Å². The predicted molar refractivity (Wildman–Crippen MR) is 183 cm³/mol. The molecule has 1 aliphatic carbocycles. The molecule has 0 atom stereocenters. The van der Waals surface area contributed by atoms with Crippen molar-refractivity contribution in [1.82, 2.24) is 0 Å². The van der Waals surface area contributed by atoms with Crippen molar-refractivity contribution in [1.29, 1.82) is 5.26 Å². The highest BCUT2D eigenvalue weighted by Crippen LogP contribution is 2.45. The summed E-state index contributed by atoms with van der Waals surface area (Å²) in [6, 6.07) is 19.3. The minimum atomic E-state index is -1.36. The molecule has 5 N–H and O–H groups in total. The summed E-state index contributed by atoms with van der Waals surface area (Å²) in [6.45, 7) is -3.27. The lowest BCUT2D eigenvalue weighted by Gasteiger charge is -2.26. The van der Waals surface area contributed by atoms with Crippen LogP contribution in [0.4, 0.5) is 11.4 Å². The Bertz CT molecular complexity index is 2230. The molecule has 16 nitrogen and oxygen atoms in total. The van der Waals surface area contributed by atoms with Crippen molar-refractivity contribution in [2.45, 2.75) is 0 Å². The van der Waals surface area contributed by atoms with Crippen LogP contribution in [0.25, 0.3) is 33.4 Å². The van der Waals surface area contributed by atoms with Crippen LogP contribution in [0.2, 0.25) is 0 Å². The molecule has 266 valence electrons. The lowest BCUT2D eigenvalue weighted by molar-refractivity contribution is -0.138. The lowest BCUT2D eigenvalue weighted by atomic mass is 9.90. The van der Waals surface area contributed by atoms with E-state index in [0.29, 0.717) is 16.5 Å². The molecular formula is C36H29N3O13. The van der Waals surface area contributed by atoms with Gasteiger partial charge in [0.15, 0.2) is 5.43 Å². The summed E-state index contributed by atoms with van der Waals surface area (Å²) in [5.74, 6) is -5.17. The Labute approximate surface area is 293 Å². The molecule has 0 saturated carbocycles. The third-order valence-electron chi connectivity index (χ3n) is 7.62. The number of aromatic hydroxyl groups is 1. The smallest absolute Gasteiger partial charge is 0.323 e. The molecule has 2 aliphatic rings. The van der Waals surface area contributed by atoms with Gasteiger partial charge in [0.1, 0.15) is 68.0 Å². The summed E-state index contributed by atoms with van der Waals surface area (Å²) in [6.07, 6.45) is 0. The number of benzene rings is 4. The first kappa shape index (κ1) is 36.0. The largest absolute Gasteiger partial charge is 0.508 e. The standard InChI is InChI=1S/C36H29N3O13/c37-15-20-11-27(39(18-34(46)47)19-35(48)49)31(51-10-9-50-28-4-2-1-3-26(28)38(16-32(42)43)17-33(44)45)14-25(20)36-23-7-5-21(40)12-29(23)52-30-13-22(41)6-8-24(30)36/h1-8,11-14,40H,9-10,16-19H2,(H,42,43)(H,44,45)(H,46,47)(H,48,49). The number of para-hydroxylation sites is 2.